The van der Waals surface area contributed by atoms with Crippen molar-refractivity contribution in [2.45, 2.75) is 78.6 Å². The quantitative estimate of drug-likeness (QED) is 0.133. The first-order chi connectivity index (χ1) is 22.9. The van der Waals surface area contributed by atoms with E-state index in [-0.39, 0.29) is 11.8 Å². The van der Waals surface area contributed by atoms with Gasteiger partial charge >= 0.3 is 0 Å². The zero-order valence-electron chi connectivity index (χ0n) is 27.4. The fourth-order valence-electron chi connectivity index (χ4n) is 6.19. The summed E-state index contributed by atoms with van der Waals surface area (Å²) < 4.78 is 13.0. The summed E-state index contributed by atoms with van der Waals surface area (Å²) >= 11 is 0. The highest BCUT2D eigenvalue weighted by molar-refractivity contribution is 5.76. The number of hydrogen-bond acceptors (Lipinski definition) is 5. The molecular formula is C40H43N3O4. The van der Waals surface area contributed by atoms with E-state index in [9.17, 15) is 14.9 Å². The molecule has 47 heavy (non-hydrogen) atoms. The molecule has 7 heteroatoms. The zero-order chi connectivity index (χ0) is 33.0. The van der Waals surface area contributed by atoms with Crippen LogP contribution < -0.4 is 20.1 Å². The number of carbonyl (C=O) groups is 2. The standard InChI is InChI=1S/C40H43N3O4/c1-28-33(16-10-17-34(28)32-14-5-3-6-15-32)27-47-38-23-39(46-26-31-13-9-12-30(22-31)24-41)37(35-18-11-19-36(35)38)25-43-40(45)20-7-4-8-21-42-29(2)44/h3,5-6,9-10,12-17,22-23H,4,7-8,11,18-21,25-27H2,1-2H3,(H,42,44)(H,43,45). The van der Waals surface area contributed by atoms with Crippen LogP contribution in [-0.2, 0) is 42.2 Å². The molecule has 4 aromatic carbocycles. The van der Waals surface area contributed by atoms with Crippen molar-refractivity contribution in [1.82, 2.24) is 10.6 Å². The SMILES string of the molecule is CC(=O)NCCCCCC(=O)NCc1c(OCc2cccc(C#N)c2)cc(OCc2cccc(-c3ccccc3)c2C)c2c1CCC2. The first-order valence-electron chi connectivity index (χ1n) is 16.5. The number of hydrogen-bond donors (Lipinski definition) is 2. The Balaban J connectivity index is 1.34. The Kier molecular flexibility index (Phi) is 11.7. The third kappa shape index (κ3) is 9.01. The summed E-state index contributed by atoms with van der Waals surface area (Å²) in [4.78, 5) is 23.9. The van der Waals surface area contributed by atoms with Gasteiger partial charge in [0.1, 0.15) is 24.7 Å². The third-order valence-corrected chi connectivity index (χ3v) is 8.72. The smallest absolute Gasteiger partial charge is 0.220 e. The highest BCUT2D eigenvalue weighted by Crippen LogP contribution is 2.40. The van der Waals surface area contributed by atoms with Gasteiger partial charge in [-0.3, -0.25) is 9.59 Å². The maximum atomic E-state index is 12.8. The maximum absolute atomic E-state index is 12.8. The summed E-state index contributed by atoms with van der Waals surface area (Å²) in [6, 6.07) is 28.3. The molecule has 0 radical (unpaired) electrons. The van der Waals surface area contributed by atoms with E-state index >= 15 is 0 Å². The predicted molar refractivity (Wildman–Crippen MR) is 184 cm³/mol. The minimum absolute atomic E-state index is 0.00181. The molecule has 0 aromatic heterocycles. The Bertz CT molecular complexity index is 1740. The van der Waals surface area contributed by atoms with Crippen molar-refractivity contribution in [2.24, 2.45) is 0 Å². The molecule has 2 N–H and O–H groups in total. The number of ether oxygens (including phenoxy) is 2. The number of nitrogens with zero attached hydrogens (tertiary/aromatic N) is 1. The zero-order valence-corrected chi connectivity index (χ0v) is 27.4. The van der Waals surface area contributed by atoms with Gasteiger partial charge in [-0.1, -0.05) is 67.1 Å². The van der Waals surface area contributed by atoms with Crippen LogP contribution >= 0.6 is 0 Å². The van der Waals surface area contributed by atoms with Crippen molar-refractivity contribution in [1.29, 1.82) is 5.26 Å². The first-order valence-corrected chi connectivity index (χ1v) is 16.5. The third-order valence-electron chi connectivity index (χ3n) is 8.72. The lowest BCUT2D eigenvalue weighted by molar-refractivity contribution is -0.121. The first kappa shape index (κ1) is 33.3. The van der Waals surface area contributed by atoms with Crippen molar-refractivity contribution in [3.8, 4) is 28.7 Å². The van der Waals surface area contributed by atoms with Crippen LogP contribution in [0.1, 0.15) is 78.0 Å². The number of nitrogens with one attached hydrogen (secondary N) is 2. The molecular weight excluding hydrogens is 586 g/mol. The van der Waals surface area contributed by atoms with Crippen LogP contribution in [0.4, 0.5) is 0 Å². The maximum Gasteiger partial charge on any atom is 0.220 e. The second-order valence-electron chi connectivity index (χ2n) is 12.1. The lowest BCUT2D eigenvalue weighted by Crippen LogP contribution is -2.24. The van der Waals surface area contributed by atoms with Crippen LogP contribution in [0.5, 0.6) is 11.5 Å². The predicted octanol–water partition coefficient (Wildman–Crippen LogP) is 7.49. The molecule has 7 nitrogen and oxygen atoms in total. The average Bonchev–Trinajstić information content (AvgIpc) is 3.58. The largest absolute Gasteiger partial charge is 0.488 e. The van der Waals surface area contributed by atoms with Gasteiger partial charge in [-0.25, -0.2) is 0 Å². The summed E-state index contributed by atoms with van der Waals surface area (Å²) in [6.45, 7) is 5.38. The summed E-state index contributed by atoms with van der Waals surface area (Å²) in [6.07, 6.45) is 5.73. The Morgan fingerprint density at radius 1 is 0.830 bits per heavy atom. The molecule has 0 aliphatic heterocycles. The molecule has 0 saturated heterocycles. The number of nitriles is 1. The Morgan fingerprint density at radius 2 is 1.62 bits per heavy atom. The molecule has 5 rings (SSSR count). The van der Waals surface area contributed by atoms with Crippen LogP contribution in [0.25, 0.3) is 11.1 Å². The number of fused-ring (bicyclic) bond motifs is 1. The van der Waals surface area contributed by atoms with E-state index in [2.05, 4.69) is 66.1 Å². The normalized spacial score (nSPS) is 11.8. The number of rotatable bonds is 15. The van der Waals surface area contributed by atoms with Crippen molar-refractivity contribution in [3.63, 3.8) is 0 Å². The molecule has 0 unspecified atom stereocenters. The van der Waals surface area contributed by atoms with Crippen molar-refractivity contribution >= 4 is 11.8 Å². The summed E-state index contributed by atoms with van der Waals surface area (Å²) in [5, 5.41) is 15.3. The van der Waals surface area contributed by atoms with E-state index in [1.165, 1.54) is 34.7 Å². The molecule has 0 atom stereocenters. The summed E-state index contributed by atoms with van der Waals surface area (Å²) in [5.74, 6) is 1.47. The van der Waals surface area contributed by atoms with Crippen LogP contribution in [0.3, 0.4) is 0 Å². The minimum atomic E-state index is -0.0325. The van der Waals surface area contributed by atoms with Crippen molar-refractivity contribution < 1.29 is 19.1 Å². The summed E-state index contributed by atoms with van der Waals surface area (Å²) in [7, 11) is 0. The van der Waals surface area contributed by atoms with Gasteiger partial charge in [0, 0.05) is 38.1 Å². The van der Waals surface area contributed by atoms with Crippen LogP contribution in [0.15, 0.2) is 78.9 Å². The topological polar surface area (TPSA) is 100 Å². The molecule has 0 spiro atoms. The molecule has 242 valence electrons. The lowest BCUT2D eigenvalue weighted by Gasteiger charge is -2.20. The Morgan fingerprint density at radius 3 is 2.43 bits per heavy atom. The van der Waals surface area contributed by atoms with Crippen LogP contribution in [0, 0.1) is 18.3 Å². The molecule has 0 bridgehead atoms. The molecule has 1 aliphatic carbocycles. The number of amides is 2. The molecule has 0 fully saturated rings. The van der Waals surface area contributed by atoms with Crippen molar-refractivity contribution in [2.75, 3.05) is 6.54 Å². The molecule has 2 amide bonds. The van der Waals surface area contributed by atoms with E-state index in [4.69, 9.17) is 9.47 Å². The van der Waals surface area contributed by atoms with E-state index in [0.717, 1.165) is 61.0 Å². The molecule has 0 heterocycles. The minimum Gasteiger partial charge on any atom is -0.488 e. The van der Waals surface area contributed by atoms with E-state index in [1.54, 1.807) is 6.07 Å². The van der Waals surface area contributed by atoms with Gasteiger partial charge in [-0.05, 0) is 90.1 Å². The van der Waals surface area contributed by atoms with Gasteiger partial charge in [0.25, 0.3) is 0 Å². The monoisotopic (exact) mass is 629 g/mol. The Labute approximate surface area is 277 Å². The highest BCUT2D eigenvalue weighted by atomic mass is 16.5. The number of carbonyl (C=O) groups excluding carboxylic acids is 2. The fraction of sp³-hybridized carbons (Fsp3) is 0.325. The molecule has 4 aromatic rings. The van der Waals surface area contributed by atoms with E-state index in [1.807, 2.05) is 30.3 Å². The lowest BCUT2D eigenvalue weighted by atomic mass is 9.97. The van der Waals surface area contributed by atoms with Gasteiger partial charge < -0.3 is 20.1 Å². The highest BCUT2D eigenvalue weighted by Gasteiger charge is 2.24. The number of benzene rings is 4. The van der Waals surface area contributed by atoms with Gasteiger partial charge in [0.05, 0.1) is 11.6 Å². The van der Waals surface area contributed by atoms with Crippen LogP contribution in [-0.4, -0.2) is 18.4 Å². The van der Waals surface area contributed by atoms with Gasteiger partial charge in [-0.2, -0.15) is 5.26 Å². The number of unbranched alkanes of at least 4 members (excludes halogenated alkanes) is 2. The second-order valence-corrected chi connectivity index (χ2v) is 12.1. The molecule has 0 saturated carbocycles. The van der Waals surface area contributed by atoms with Gasteiger partial charge in [-0.15, -0.1) is 0 Å². The fourth-order valence-corrected chi connectivity index (χ4v) is 6.19. The molecule has 1 aliphatic rings. The van der Waals surface area contributed by atoms with Gasteiger partial charge in [0.2, 0.25) is 11.8 Å². The second kappa shape index (κ2) is 16.5. The van der Waals surface area contributed by atoms with Crippen LogP contribution in [0.2, 0.25) is 0 Å². The van der Waals surface area contributed by atoms with E-state index in [0.29, 0.717) is 44.0 Å². The summed E-state index contributed by atoms with van der Waals surface area (Å²) in [5.41, 5.74) is 9.54. The average molecular weight is 630 g/mol. The van der Waals surface area contributed by atoms with Crippen molar-refractivity contribution in [3.05, 3.63) is 118 Å². The van der Waals surface area contributed by atoms with E-state index < -0.39 is 0 Å². The Hall–Kier alpha value is -5.09. The van der Waals surface area contributed by atoms with Gasteiger partial charge in [0.15, 0.2) is 0 Å².